The zero-order chi connectivity index (χ0) is 15.2. The molecule has 3 aromatic rings. The van der Waals surface area contributed by atoms with Gasteiger partial charge < -0.3 is 14.2 Å². The number of benzene rings is 1. The average Bonchev–Trinajstić information content (AvgIpc) is 3.23. The van der Waals surface area contributed by atoms with Crippen molar-refractivity contribution >= 4 is 17.7 Å². The van der Waals surface area contributed by atoms with E-state index in [2.05, 4.69) is 10.3 Å². The lowest BCUT2D eigenvalue weighted by atomic mass is 10.2. The van der Waals surface area contributed by atoms with Crippen LogP contribution in [-0.4, -0.2) is 16.6 Å². The molecule has 1 aromatic carbocycles. The molecule has 1 amide bonds. The van der Waals surface area contributed by atoms with Gasteiger partial charge in [-0.15, -0.1) is 0 Å². The standard InChI is InChI=1S/C16H14N2O3S/c19-15(17-9-13-7-4-8-20-13)11-22-16-18-10-14(21-16)12-5-2-1-3-6-12/h1-8,10H,9,11H2,(H,17,19). The number of rotatable bonds is 6. The van der Waals surface area contributed by atoms with Gasteiger partial charge in [-0.3, -0.25) is 4.79 Å². The zero-order valence-electron chi connectivity index (χ0n) is 11.7. The molecule has 0 fully saturated rings. The fraction of sp³-hybridized carbons (Fsp3) is 0.125. The topological polar surface area (TPSA) is 68.3 Å². The van der Waals surface area contributed by atoms with Crippen LogP contribution in [0.15, 0.2) is 69.0 Å². The Hall–Kier alpha value is -2.47. The third kappa shape index (κ3) is 3.79. The highest BCUT2D eigenvalue weighted by Gasteiger charge is 2.09. The number of furan rings is 1. The van der Waals surface area contributed by atoms with Gasteiger partial charge in [-0.1, -0.05) is 42.1 Å². The van der Waals surface area contributed by atoms with Crippen LogP contribution in [0.1, 0.15) is 5.76 Å². The van der Waals surface area contributed by atoms with Crippen LogP contribution < -0.4 is 5.32 Å². The SMILES string of the molecule is O=C(CSc1ncc(-c2ccccc2)o1)NCc1ccco1. The van der Waals surface area contributed by atoms with Crippen molar-refractivity contribution < 1.29 is 13.6 Å². The maximum Gasteiger partial charge on any atom is 0.256 e. The van der Waals surface area contributed by atoms with Gasteiger partial charge in [0.05, 0.1) is 24.8 Å². The van der Waals surface area contributed by atoms with Crippen molar-refractivity contribution in [3.8, 4) is 11.3 Å². The Morgan fingerprint density at radius 2 is 2.05 bits per heavy atom. The van der Waals surface area contributed by atoms with Gasteiger partial charge in [0.25, 0.3) is 5.22 Å². The molecule has 0 atom stereocenters. The van der Waals surface area contributed by atoms with Gasteiger partial charge >= 0.3 is 0 Å². The fourth-order valence-corrected chi connectivity index (χ4v) is 2.47. The molecule has 0 saturated heterocycles. The number of thioether (sulfide) groups is 1. The summed E-state index contributed by atoms with van der Waals surface area (Å²) in [7, 11) is 0. The third-order valence-electron chi connectivity index (χ3n) is 2.91. The first kappa shape index (κ1) is 14.5. The molecule has 5 nitrogen and oxygen atoms in total. The van der Waals surface area contributed by atoms with E-state index in [1.165, 1.54) is 11.8 Å². The van der Waals surface area contributed by atoms with Gasteiger partial charge in [0.1, 0.15) is 5.76 Å². The second-order valence-corrected chi connectivity index (χ2v) is 5.43. The maximum atomic E-state index is 11.7. The summed E-state index contributed by atoms with van der Waals surface area (Å²) >= 11 is 1.26. The molecular formula is C16H14N2O3S. The first-order valence-electron chi connectivity index (χ1n) is 6.74. The molecule has 3 rings (SSSR count). The van der Waals surface area contributed by atoms with E-state index in [9.17, 15) is 4.79 Å². The highest BCUT2D eigenvalue weighted by atomic mass is 32.2. The second-order valence-electron chi connectivity index (χ2n) is 4.50. The lowest BCUT2D eigenvalue weighted by Crippen LogP contribution is -2.24. The Kier molecular flexibility index (Phi) is 4.60. The molecule has 22 heavy (non-hydrogen) atoms. The van der Waals surface area contributed by atoms with Crippen molar-refractivity contribution in [2.24, 2.45) is 0 Å². The van der Waals surface area contributed by atoms with Crippen LogP contribution in [0.2, 0.25) is 0 Å². The minimum absolute atomic E-state index is 0.0964. The Bertz CT molecular complexity index is 723. The van der Waals surface area contributed by atoms with E-state index in [1.807, 2.05) is 36.4 Å². The number of oxazole rings is 1. The summed E-state index contributed by atoms with van der Waals surface area (Å²) < 4.78 is 10.8. The van der Waals surface area contributed by atoms with Crippen molar-refractivity contribution in [3.63, 3.8) is 0 Å². The number of nitrogens with one attached hydrogen (secondary N) is 1. The molecule has 2 heterocycles. The molecule has 0 aliphatic rings. The van der Waals surface area contributed by atoms with Crippen molar-refractivity contribution in [1.29, 1.82) is 0 Å². The van der Waals surface area contributed by atoms with E-state index < -0.39 is 0 Å². The van der Waals surface area contributed by atoms with Crippen molar-refractivity contribution in [1.82, 2.24) is 10.3 Å². The smallest absolute Gasteiger partial charge is 0.256 e. The lowest BCUT2D eigenvalue weighted by molar-refractivity contribution is -0.118. The maximum absolute atomic E-state index is 11.7. The third-order valence-corrected chi connectivity index (χ3v) is 3.75. The molecule has 0 radical (unpaired) electrons. The second kappa shape index (κ2) is 7.00. The summed E-state index contributed by atoms with van der Waals surface area (Å²) in [6.07, 6.45) is 3.24. The van der Waals surface area contributed by atoms with Gasteiger partial charge in [-0.05, 0) is 12.1 Å². The number of carbonyl (C=O) groups is 1. The number of carbonyl (C=O) groups excluding carboxylic acids is 1. The van der Waals surface area contributed by atoms with Crippen molar-refractivity contribution in [2.75, 3.05) is 5.75 Å². The van der Waals surface area contributed by atoms with Crippen LogP contribution in [0, 0.1) is 0 Å². The first-order valence-corrected chi connectivity index (χ1v) is 7.73. The van der Waals surface area contributed by atoms with E-state index in [0.29, 0.717) is 17.5 Å². The number of aromatic nitrogens is 1. The summed E-state index contributed by atoms with van der Waals surface area (Å²) in [5.74, 6) is 1.57. The number of nitrogens with zero attached hydrogens (tertiary/aromatic N) is 1. The van der Waals surface area contributed by atoms with Crippen LogP contribution in [-0.2, 0) is 11.3 Å². The van der Waals surface area contributed by atoms with E-state index in [1.54, 1.807) is 18.5 Å². The first-order chi connectivity index (χ1) is 10.8. The fourth-order valence-electron chi connectivity index (χ4n) is 1.84. The Morgan fingerprint density at radius 1 is 1.18 bits per heavy atom. The molecule has 0 saturated carbocycles. The molecule has 6 heteroatoms. The van der Waals surface area contributed by atoms with Crippen molar-refractivity contribution in [2.45, 2.75) is 11.8 Å². The number of hydrogen-bond acceptors (Lipinski definition) is 5. The normalized spacial score (nSPS) is 10.5. The van der Waals surface area contributed by atoms with Crippen LogP contribution in [0.4, 0.5) is 0 Å². The minimum Gasteiger partial charge on any atom is -0.467 e. The van der Waals surface area contributed by atoms with E-state index in [-0.39, 0.29) is 11.7 Å². The van der Waals surface area contributed by atoms with Gasteiger partial charge in [-0.2, -0.15) is 0 Å². The summed E-state index contributed by atoms with van der Waals surface area (Å²) in [6.45, 7) is 0.382. The average molecular weight is 314 g/mol. The number of amides is 1. The molecule has 112 valence electrons. The zero-order valence-corrected chi connectivity index (χ0v) is 12.5. The van der Waals surface area contributed by atoms with Gasteiger partial charge in [0, 0.05) is 5.56 Å². The highest BCUT2D eigenvalue weighted by molar-refractivity contribution is 7.99. The van der Waals surface area contributed by atoms with Crippen LogP contribution in [0.5, 0.6) is 0 Å². The summed E-state index contributed by atoms with van der Waals surface area (Å²) in [5.41, 5.74) is 0.962. The molecular weight excluding hydrogens is 300 g/mol. The predicted molar refractivity (Wildman–Crippen MR) is 83.2 cm³/mol. The largest absolute Gasteiger partial charge is 0.467 e. The highest BCUT2D eigenvalue weighted by Crippen LogP contribution is 2.24. The van der Waals surface area contributed by atoms with E-state index >= 15 is 0 Å². The van der Waals surface area contributed by atoms with E-state index in [0.717, 1.165) is 11.3 Å². The summed E-state index contributed by atoms with van der Waals surface area (Å²) in [4.78, 5) is 15.9. The lowest BCUT2D eigenvalue weighted by Gasteiger charge is -2.01. The summed E-state index contributed by atoms with van der Waals surface area (Å²) in [6, 6.07) is 13.3. The van der Waals surface area contributed by atoms with Gasteiger partial charge in [0.2, 0.25) is 5.91 Å². The minimum atomic E-state index is -0.0964. The molecule has 0 spiro atoms. The van der Waals surface area contributed by atoms with Crippen LogP contribution in [0.3, 0.4) is 0 Å². The molecule has 0 bridgehead atoms. The number of hydrogen-bond donors (Lipinski definition) is 1. The molecule has 2 aromatic heterocycles. The quantitative estimate of drug-likeness (QED) is 0.707. The molecule has 0 unspecified atom stereocenters. The molecule has 0 aliphatic heterocycles. The van der Waals surface area contributed by atoms with Gasteiger partial charge in [0.15, 0.2) is 5.76 Å². The van der Waals surface area contributed by atoms with E-state index in [4.69, 9.17) is 8.83 Å². The van der Waals surface area contributed by atoms with Crippen LogP contribution in [0.25, 0.3) is 11.3 Å². The molecule has 1 N–H and O–H groups in total. The summed E-state index contributed by atoms with van der Waals surface area (Å²) in [5, 5.41) is 3.25. The van der Waals surface area contributed by atoms with Crippen molar-refractivity contribution in [3.05, 3.63) is 60.7 Å². The Balaban J connectivity index is 1.49. The Labute approximate surface area is 131 Å². The Morgan fingerprint density at radius 3 is 2.82 bits per heavy atom. The monoisotopic (exact) mass is 314 g/mol. The molecule has 0 aliphatic carbocycles. The predicted octanol–water partition coefficient (Wildman–Crippen LogP) is 3.34. The van der Waals surface area contributed by atoms with Gasteiger partial charge in [-0.25, -0.2) is 4.98 Å². The van der Waals surface area contributed by atoms with Crippen LogP contribution >= 0.6 is 11.8 Å².